The van der Waals surface area contributed by atoms with Gasteiger partial charge in [-0.05, 0) is 72.4 Å². The van der Waals surface area contributed by atoms with E-state index in [-0.39, 0.29) is 17.4 Å². The lowest BCUT2D eigenvalue weighted by molar-refractivity contribution is 0.212. The molecule has 4 aromatic rings. The Bertz CT molecular complexity index is 1590. The summed E-state index contributed by atoms with van der Waals surface area (Å²) in [6.07, 6.45) is 8.61. The number of ether oxygens (including phenoxy) is 1. The summed E-state index contributed by atoms with van der Waals surface area (Å²) >= 11 is 0. The van der Waals surface area contributed by atoms with Crippen LogP contribution in [0.15, 0.2) is 76.8 Å². The summed E-state index contributed by atoms with van der Waals surface area (Å²) < 4.78 is 12.7. The van der Waals surface area contributed by atoms with Crippen LogP contribution in [0.1, 0.15) is 50.1 Å². The Kier molecular flexibility index (Phi) is 4.83. The van der Waals surface area contributed by atoms with Crippen molar-refractivity contribution in [1.29, 1.82) is 0 Å². The maximum Gasteiger partial charge on any atom is 0.227 e. The second-order valence-corrected chi connectivity index (χ2v) is 10.9. The van der Waals surface area contributed by atoms with Gasteiger partial charge in [-0.3, -0.25) is 0 Å². The number of allylic oxidation sites excluding steroid dienone is 2. The van der Waals surface area contributed by atoms with Gasteiger partial charge in [-0.2, -0.15) is 0 Å². The monoisotopic (exact) mass is 461 g/mol. The van der Waals surface area contributed by atoms with Gasteiger partial charge in [-0.15, -0.1) is 0 Å². The molecular weight excluding hydrogens is 430 g/mol. The van der Waals surface area contributed by atoms with Crippen LogP contribution in [0, 0.1) is 19.8 Å². The molecule has 3 nitrogen and oxygen atoms in total. The summed E-state index contributed by atoms with van der Waals surface area (Å²) in [5.74, 6) is 2.11. The van der Waals surface area contributed by atoms with Crippen LogP contribution in [0.2, 0.25) is 0 Å². The summed E-state index contributed by atoms with van der Waals surface area (Å²) in [6, 6.07) is 15.4. The van der Waals surface area contributed by atoms with E-state index in [2.05, 4.69) is 101 Å². The van der Waals surface area contributed by atoms with Gasteiger partial charge in [0.15, 0.2) is 0 Å². The molecule has 1 aliphatic heterocycles. The van der Waals surface area contributed by atoms with E-state index in [1.54, 1.807) is 0 Å². The van der Waals surface area contributed by atoms with Gasteiger partial charge in [-0.1, -0.05) is 63.3 Å². The van der Waals surface area contributed by atoms with E-state index in [0.717, 1.165) is 39.3 Å². The first-order valence-corrected chi connectivity index (χ1v) is 12.4. The molecule has 2 aliphatic rings. The van der Waals surface area contributed by atoms with Gasteiger partial charge in [0.05, 0.1) is 11.1 Å². The molecular formula is C32H31NO2. The molecule has 3 heteroatoms. The third-order valence-corrected chi connectivity index (χ3v) is 7.55. The minimum atomic E-state index is 0.00243. The summed E-state index contributed by atoms with van der Waals surface area (Å²) in [7, 11) is 0. The van der Waals surface area contributed by atoms with E-state index in [0.29, 0.717) is 5.71 Å². The predicted octanol–water partition coefficient (Wildman–Crippen LogP) is 8.43. The van der Waals surface area contributed by atoms with Gasteiger partial charge in [0.2, 0.25) is 5.71 Å². The first kappa shape index (κ1) is 21.9. The standard InChI is InChI=1S/C32H31NO2/c1-18-20(3)34-31-29(18)25(30-19(2)23-12-9-10-14-28(23)35-30)17-27(33-31)22-15-21-11-7-8-13-24(21)26(16-22)32(4,5)6/h7-17,23,28H,1-6H3. The molecule has 0 spiro atoms. The fraction of sp³-hybridized carbons (Fsp3) is 0.281. The number of furan rings is 1. The van der Waals surface area contributed by atoms with Crippen molar-refractivity contribution in [3.05, 3.63) is 94.8 Å². The van der Waals surface area contributed by atoms with Crippen LogP contribution in [0.3, 0.4) is 0 Å². The normalized spacial score (nSPS) is 19.6. The first-order chi connectivity index (χ1) is 16.7. The summed E-state index contributed by atoms with van der Waals surface area (Å²) in [4.78, 5) is 5.03. The summed E-state index contributed by atoms with van der Waals surface area (Å²) in [6.45, 7) is 13.1. The molecule has 6 rings (SSSR count). The lowest BCUT2D eigenvalue weighted by Gasteiger charge is -2.23. The van der Waals surface area contributed by atoms with Crippen LogP contribution in [-0.2, 0) is 10.2 Å². The topological polar surface area (TPSA) is 35.3 Å². The van der Waals surface area contributed by atoms with E-state index in [9.17, 15) is 0 Å². The zero-order chi connectivity index (χ0) is 24.5. The molecule has 0 saturated carbocycles. The first-order valence-electron chi connectivity index (χ1n) is 12.4. The Morgan fingerprint density at radius 3 is 2.46 bits per heavy atom. The molecule has 35 heavy (non-hydrogen) atoms. The predicted molar refractivity (Wildman–Crippen MR) is 144 cm³/mol. The minimum Gasteiger partial charge on any atom is -0.485 e. The highest BCUT2D eigenvalue weighted by atomic mass is 16.5. The third kappa shape index (κ3) is 3.44. The summed E-state index contributed by atoms with van der Waals surface area (Å²) in [5.41, 5.74) is 7.42. The van der Waals surface area contributed by atoms with Crippen LogP contribution in [-0.4, -0.2) is 11.1 Å². The molecule has 0 saturated heterocycles. The summed E-state index contributed by atoms with van der Waals surface area (Å²) in [5, 5.41) is 3.55. The molecule has 0 bridgehead atoms. The number of fused-ring (bicyclic) bond motifs is 3. The Labute approximate surface area is 206 Å². The van der Waals surface area contributed by atoms with E-state index in [1.807, 2.05) is 6.92 Å². The largest absolute Gasteiger partial charge is 0.485 e. The van der Waals surface area contributed by atoms with Crippen molar-refractivity contribution in [2.45, 2.75) is 53.1 Å². The molecule has 2 unspecified atom stereocenters. The zero-order valence-electron chi connectivity index (χ0n) is 21.3. The number of nitrogens with zero attached hydrogens (tertiary/aromatic N) is 1. The SMILES string of the molecule is CC1=C(c2cc(-c3cc(C(C)(C)C)c4ccccc4c3)nc3oc(C)c(C)c23)OC2C=CC=CC12. The maximum atomic E-state index is 6.55. The highest BCUT2D eigenvalue weighted by Gasteiger charge is 2.34. The molecule has 1 aliphatic carbocycles. The molecule has 2 atom stereocenters. The smallest absolute Gasteiger partial charge is 0.227 e. The molecule has 0 fully saturated rings. The highest BCUT2D eigenvalue weighted by Crippen LogP contribution is 2.44. The van der Waals surface area contributed by atoms with Crippen molar-refractivity contribution in [2.24, 2.45) is 5.92 Å². The molecule has 0 N–H and O–H groups in total. The number of pyridine rings is 1. The molecule has 3 heterocycles. The number of aryl methyl sites for hydroxylation is 2. The van der Waals surface area contributed by atoms with Crippen molar-refractivity contribution < 1.29 is 9.15 Å². The average Bonchev–Trinajstić information content (AvgIpc) is 3.33. The Morgan fingerprint density at radius 1 is 0.914 bits per heavy atom. The molecule has 0 radical (unpaired) electrons. The lowest BCUT2D eigenvalue weighted by atomic mass is 9.82. The van der Waals surface area contributed by atoms with Crippen LogP contribution in [0.4, 0.5) is 0 Å². The van der Waals surface area contributed by atoms with Gasteiger partial charge in [0, 0.05) is 22.6 Å². The van der Waals surface area contributed by atoms with Crippen molar-refractivity contribution in [1.82, 2.24) is 4.98 Å². The quantitative estimate of drug-likeness (QED) is 0.300. The van der Waals surface area contributed by atoms with Crippen LogP contribution < -0.4 is 0 Å². The average molecular weight is 462 g/mol. The molecule has 176 valence electrons. The number of hydrogen-bond donors (Lipinski definition) is 0. The van der Waals surface area contributed by atoms with Gasteiger partial charge in [0.1, 0.15) is 17.6 Å². The van der Waals surface area contributed by atoms with Gasteiger partial charge >= 0.3 is 0 Å². The van der Waals surface area contributed by atoms with E-state index in [1.165, 1.54) is 21.9 Å². The third-order valence-electron chi connectivity index (χ3n) is 7.55. The van der Waals surface area contributed by atoms with E-state index >= 15 is 0 Å². The van der Waals surface area contributed by atoms with Crippen molar-refractivity contribution >= 4 is 27.6 Å². The van der Waals surface area contributed by atoms with Gasteiger partial charge < -0.3 is 9.15 Å². The minimum absolute atomic E-state index is 0.00243. The fourth-order valence-corrected chi connectivity index (χ4v) is 5.51. The van der Waals surface area contributed by atoms with E-state index < -0.39 is 0 Å². The number of aromatic nitrogens is 1. The Morgan fingerprint density at radius 2 is 1.69 bits per heavy atom. The Hall–Kier alpha value is -3.59. The maximum absolute atomic E-state index is 6.55. The number of hydrogen-bond acceptors (Lipinski definition) is 3. The second kappa shape index (κ2) is 7.71. The lowest BCUT2D eigenvalue weighted by Crippen LogP contribution is -2.15. The number of benzene rings is 2. The van der Waals surface area contributed by atoms with Gasteiger partial charge in [-0.25, -0.2) is 4.98 Å². The van der Waals surface area contributed by atoms with E-state index in [4.69, 9.17) is 14.1 Å². The highest BCUT2D eigenvalue weighted by molar-refractivity contribution is 5.96. The Balaban J connectivity index is 1.62. The van der Waals surface area contributed by atoms with Crippen molar-refractivity contribution in [2.75, 3.05) is 0 Å². The van der Waals surface area contributed by atoms with Crippen molar-refractivity contribution in [3.63, 3.8) is 0 Å². The van der Waals surface area contributed by atoms with Crippen LogP contribution in [0.25, 0.3) is 38.9 Å². The van der Waals surface area contributed by atoms with Crippen molar-refractivity contribution in [3.8, 4) is 11.3 Å². The van der Waals surface area contributed by atoms with Gasteiger partial charge in [0.25, 0.3) is 0 Å². The fourth-order valence-electron chi connectivity index (χ4n) is 5.51. The second-order valence-electron chi connectivity index (χ2n) is 10.9. The zero-order valence-corrected chi connectivity index (χ0v) is 21.3. The molecule has 2 aromatic heterocycles. The molecule has 2 aromatic carbocycles. The van der Waals surface area contributed by atoms with Crippen LogP contribution in [0.5, 0.6) is 0 Å². The van der Waals surface area contributed by atoms with Crippen LogP contribution >= 0.6 is 0 Å². The molecule has 0 amide bonds. The number of rotatable bonds is 2.